The second kappa shape index (κ2) is 9.65. The van der Waals surface area contributed by atoms with Gasteiger partial charge in [0.15, 0.2) is 0 Å². The van der Waals surface area contributed by atoms with Crippen LogP contribution in [0.2, 0.25) is 0 Å². The number of aromatic nitrogens is 2. The predicted octanol–water partition coefficient (Wildman–Crippen LogP) is 2.75. The SMILES string of the molecule is CCOC(=O)C(C#N)CC1SC(CCNc2cccc3cn[nH]c23)C(=O)N1CC. The van der Waals surface area contributed by atoms with E-state index in [-0.39, 0.29) is 29.6 Å². The Morgan fingerprint density at radius 2 is 2.31 bits per heavy atom. The van der Waals surface area contributed by atoms with Crippen LogP contribution in [0.25, 0.3) is 10.9 Å². The van der Waals surface area contributed by atoms with Gasteiger partial charge in [-0.2, -0.15) is 10.4 Å². The molecule has 1 aliphatic rings. The van der Waals surface area contributed by atoms with Gasteiger partial charge >= 0.3 is 5.97 Å². The van der Waals surface area contributed by atoms with Gasteiger partial charge in [0.05, 0.1) is 40.7 Å². The highest BCUT2D eigenvalue weighted by molar-refractivity contribution is 8.01. The number of rotatable bonds is 9. The minimum absolute atomic E-state index is 0.0598. The molecule has 154 valence electrons. The van der Waals surface area contributed by atoms with Crippen LogP contribution >= 0.6 is 11.8 Å². The average molecular weight is 416 g/mol. The van der Waals surface area contributed by atoms with Crippen LogP contribution in [0.4, 0.5) is 5.69 Å². The van der Waals surface area contributed by atoms with Crippen LogP contribution in [-0.4, -0.2) is 57.3 Å². The molecular formula is C20H25N5O3S. The molecule has 0 saturated carbocycles. The van der Waals surface area contributed by atoms with E-state index in [1.807, 2.05) is 31.2 Å². The number of H-pyrrole nitrogens is 1. The largest absolute Gasteiger partial charge is 0.465 e. The lowest BCUT2D eigenvalue weighted by Crippen LogP contribution is -2.36. The summed E-state index contributed by atoms with van der Waals surface area (Å²) in [5.74, 6) is -1.31. The zero-order chi connectivity index (χ0) is 20.8. The fourth-order valence-electron chi connectivity index (χ4n) is 3.48. The number of nitrogens with zero attached hydrogens (tertiary/aromatic N) is 3. The van der Waals surface area contributed by atoms with Crippen LogP contribution in [0.5, 0.6) is 0 Å². The van der Waals surface area contributed by atoms with E-state index in [2.05, 4.69) is 15.5 Å². The maximum atomic E-state index is 12.8. The summed E-state index contributed by atoms with van der Waals surface area (Å²) in [5, 5.41) is 20.4. The summed E-state index contributed by atoms with van der Waals surface area (Å²) in [7, 11) is 0. The van der Waals surface area contributed by atoms with E-state index in [0.29, 0.717) is 19.5 Å². The van der Waals surface area contributed by atoms with E-state index in [1.165, 1.54) is 11.8 Å². The quantitative estimate of drug-likeness (QED) is 0.606. The number of aromatic amines is 1. The molecule has 0 spiro atoms. The molecule has 0 aliphatic carbocycles. The first kappa shape index (κ1) is 21.0. The third-order valence-corrected chi connectivity index (χ3v) is 6.46. The molecule has 2 N–H and O–H groups in total. The van der Waals surface area contributed by atoms with Crippen molar-refractivity contribution < 1.29 is 14.3 Å². The summed E-state index contributed by atoms with van der Waals surface area (Å²) < 4.78 is 4.98. The van der Waals surface area contributed by atoms with Gasteiger partial charge in [-0.1, -0.05) is 12.1 Å². The zero-order valence-electron chi connectivity index (χ0n) is 16.6. The predicted molar refractivity (Wildman–Crippen MR) is 112 cm³/mol. The van der Waals surface area contributed by atoms with Crippen LogP contribution in [-0.2, 0) is 14.3 Å². The molecule has 0 bridgehead atoms. The Morgan fingerprint density at radius 1 is 1.48 bits per heavy atom. The van der Waals surface area contributed by atoms with Crippen LogP contribution in [0.15, 0.2) is 24.4 Å². The highest BCUT2D eigenvalue weighted by atomic mass is 32.2. The second-order valence-corrected chi connectivity index (χ2v) is 8.11. The van der Waals surface area contributed by atoms with Gasteiger partial charge in [0.2, 0.25) is 5.91 Å². The van der Waals surface area contributed by atoms with E-state index >= 15 is 0 Å². The first-order chi connectivity index (χ1) is 14.1. The number of amides is 1. The van der Waals surface area contributed by atoms with E-state index in [1.54, 1.807) is 18.0 Å². The van der Waals surface area contributed by atoms with Crippen molar-refractivity contribution in [1.82, 2.24) is 15.1 Å². The molecule has 1 aliphatic heterocycles. The van der Waals surface area contributed by atoms with Crippen molar-refractivity contribution in [2.24, 2.45) is 5.92 Å². The molecule has 29 heavy (non-hydrogen) atoms. The van der Waals surface area contributed by atoms with Crippen LogP contribution < -0.4 is 5.32 Å². The molecule has 1 amide bonds. The zero-order valence-corrected chi connectivity index (χ0v) is 17.4. The highest BCUT2D eigenvalue weighted by Crippen LogP contribution is 2.37. The molecule has 1 fully saturated rings. The van der Waals surface area contributed by atoms with Crippen molar-refractivity contribution in [2.75, 3.05) is 25.0 Å². The number of nitrogens with one attached hydrogen (secondary N) is 2. The number of fused-ring (bicyclic) bond motifs is 1. The number of ether oxygens (including phenoxy) is 1. The van der Waals surface area contributed by atoms with Crippen molar-refractivity contribution in [1.29, 1.82) is 5.26 Å². The molecule has 8 nitrogen and oxygen atoms in total. The summed E-state index contributed by atoms with van der Waals surface area (Å²) in [6.07, 6.45) is 2.71. The number of nitriles is 1. The monoisotopic (exact) mass is 415 g/mol. The van der Waals surface area contributed by atoms with Crippen LogP contribution in [0.1, 0.15) is 26.7 Å². The van der Waals surface area contributed by atoms with Gasteiger partial charge in [-0.05, 0) is 26.3 Å². The number of thioether (sulfide) groups is 1. The lowest BCUT2D eigenvalue weighted by Gasteiger charge is -2.23. The number of anilines is 1. The summed E-state index contributed by atoms with van der Waals surface area (Å²) >= 11 is 1.53. The number of carbonyl (C=O) groups is 2. The number of para-hydroxylation sites is 1. The Bertz CT molecular complexity index is 909. The van der Waals surface area contributed by atoms with E-state index in [9.17, 15) is 14.9 Å². The number of hydrogen-bond donors (Lipinski definition) is 2. The molecule has 2 aromatic rings. The number of hydrogen-bond acceptors (Lipinski definition) is 7. The highest BCUT2D eigenvalue weighted by Gasteiger charge is 2.41. The van der Waals surface area contributed by atoms with E-state index in [0.717, 1.165) is 16.6 Å². The first-order valence-electron chi connectivity index (χ1n) is 9.77. The average Bonchev–Trinajstić information content (AvgIpc) is 3.31. The Balaban J connectivity index is 1.59. The number of esters is 1. The van der Waals surface area contributed by atoms with Crippen molar-refractivity contribution in [3.8, 4) is 6.07 Å². The van der Waals surface area contributed by atoms with Gasteiger partial charge in [0.1, 0.15) is 5.92 Å². The molecule has 2 heterocycles. The molecule has 3 unspecified atom stereocenters. The third-order valence-electron chi connectivity index (χ3n) is 4.93. The maximum absolute atomic E-state index is 12.8. The first-order valence-corrected chi connectivity index (χ1v) is 10.7. The fourth-order valence-corrected chi connectivity index (χ4v) is 5.07. The summed E-state index contributed by atoms with van der Waals surface area (Å²) in [6, 6.07) is 7.94. The van der Waals surface area contributed by atoms with Gasteiger partial charge in [-0.25, -0.2) is 0 Å². The molecule has 1 aromatic heterocycles. The van der Waals surface area contributed by atoms with E-state index in [4.69, 9.17) is 4.74 Å². The molecular weight excluding hydrogens is 390 g/mol. The second-order valence-electron chi connectivity index (χ2n) is 6.73. The summed E-state index contributed by atoms with van der Waals surface area (Å²) in [6.45, 7) is 5.05. The molecule has 1 aromatic carbocycles. The van der Waals surface area contributed by atoms with Crippen molar-refractivity contribution in [2.45, 2.75) is 37.3 Å². The standard InChI is InChI=1S/C20H25N5O3S/c1-3-25-17(10-14(11-21)20(27)28-4-2)29-16(19(25)26)8-9-22-15-7-5-6-13-12-23-24-18(13)15/h5-7,12,14,16-17,22H,3-4,8-10H2,1-2H3,(H,23,24). The maximum Gasteiger partial charge on any atom is 0.323 e. The minimum atomic E-state index is -0.857. The third kappa shape index (κ3) is 4.65. The molecule has 3 rings (SSSR count). The van der Waals surface area contributed by atoms with Gasteiger partial charge in [0.25, 0.3) is 0 Å². The topological polar surface area (TPSA) is 111 Å². The molecule has 3 atom stereocenters. The number of carbonyl (C=O) groups excluding carboxylic acids is 2. The minimum Gasteiger partial charge on any atom is -0.465 e. The van der Waals surface area contributed by atoms with Crippen molar-refractivity contribution in [3.05, 3.63) is 24.4 Å². The van der Waals surface area contributed by atoms with Gasteiger partial charge in [-0.15, -0.1) is 11.8 Å². The smallest absolute Gasteiger partial charge is 0.323 e. The Labute approximate surface area is 174 Å². The van der Waals surface area contributed by atoms with Gasteiger partial charge in [0, 0.05) is 24.9 Å². The van der Waals surface area contributed by atoms with E-state index < -0.39 is 11.9 Å². The van der Waals surface area contributed by atoms with Gasteiger partial charge < -0.3 is 15.0 Å². The Hall–Kier alpha value is -2.73. The van der Waals surface area contributed by atoms with Gasteiger partial charge in [-0.3, -0.25) is 14.7 Å². The number of benzene rings is 1. The summed E-state index contributed by atoms with van der Waals surface area (Å²) in [4.78, 5) is 26.5. The Morgan fingerprint density at radius 3 is 3.03 bits per heavy atom. The van der Waals surface area contributed by atoms with Crippen molar-refractivity contribution in [3.63, 3.8) is 0 Å². The van der Waals surface area contributed by atoms with Crippen molar-refractivity contribution >= 4 is 40.2 Å². The Kier molecular flexibility index (Phi) is 6.99. The van der Waals surface area contributed by atoms with Crippen LogP contribution in [0, 0.1) is 17.2 Å². The summed E-state index contributed by atoms with van der Waals surface area (Å²) in [5.41, 5.74) is 1.89. The fraction of sp³-hybridized carbons (Fsp3) is 0.500. The molecule has 0 radical (unpaired) electrons. The molecule has 9 heteroatoms. The lowest BCUT2D eigenvalue weighted by molar-refractivity contribution is -0.146. The molecule has 1 saturated heterocycles. The lowest BCUT2D eigenvalue weighted by atomic mass is 10.1. The van der Waals surface area contributed by atoms with Crippen LogP contribution in [0.3, 0.4) is 0 Å². The normalized spacial score (nSPS) is 19.9.